The summed E-state index contributed by atoms with van der Waals surface area (Å²) in [4.78, 5) is 7.75. The molecule has 0 atom stereocenters. The predicted octanol–water partition coefficient (Wildman–Crippen LogP) is -0.0584. The summed E-state index contributed by atoms with van der Waals surface area (Å²) in [5.74, 6) is 0.524. The van der Waals surface area contributed by atoms with Gasteiger partial charge in [0.05, 0.1) is 5.69 Å². The fourth-order valence-electron chi connectivity index (χ4n) is 1.51. The maximum Gasteiger partial charge on any atom is 0.282 e. The maximum atomic E-state index is 12.1. The molecule has 3 N–H and O–H groups in total. The van der Waals surface area contributed by atoms with Crippen LogP contribution in [0.5, 0.6) is 0 Å². The molecule has 2 rings (SSSR count). The van der Waals surface area contributed by atoms with E-state index in [9.17, 15) is 16.8 Å². The van der Waals surface area contributed by atoms with Crippen molar-refractivity contribution < 1.29 is 16.8 Å². The molecular weight excluding hydrogens is 338 g/mol. The molecule has 0 radical (unpaired) electrons. The van der Waals surface area contributed by atoms with Gasteiger partial charge in [0.2, 0.25) is 10.0 Å². The van der Waals surface area contributed by atoms with Gasteiger partial charge in [-0.3, -0.25) is 4.72 Å². The summed E-state index contributed by atoms with van der Waals surface area (Å²) in [5, 5.41) is 4.76. The summed E-state index contributed by atoms with van der Waals surface area (Å²) in [5.41, 5.74) is 0.136. The van der Waals surface area contributed by atoms with Crippen LogP contribution in [0.1, 0.15) is 11.5 Å². The highest BCUT2D eigenvalue weighted by Gasteiger charge is 2.23. The standard InChI is InChI=1S/C9H13N5O4S3/c1-5-8(20(10,15)16)19-9(11-5)13-21(17,18)7-4-14(3)6(2)12-7/h4H,1-3H3,(H,11,13)(H2,10,15,16). The summed E-state index contributed by atoms with van der Waals surface area (Å²) in [6, 6.07) is 0. The third-order valence-corrected chi connectivity index (χ3v) is 6.56. The molecule has 0 aliphatic rings. The van der Waals surface area contributed by atoms with Gasteiger partial charge in [-0.25, -0.2) is 23.5 Å². The molecule has 2 heterocycles. The van der Waals surface area contributed by atoms with E-state index in [4.69, 9.17) is 5.14 Å². The first kappa shape index (κ1) is 15.9. The Balaban J connectivity index is 2.38. The lowest BCUT2D eigenvalue weighted by atomic mass is 10.6. The number of nitrogens with one attached hydrogen (secondary N) is 1. The number of anilines is 1. The van der Waals surface area contributed by atoms with Gasteiger partial charge in [-0.15, -0.1) is 0 Å². The van der Waals surface area contributed by atoms with Crippen molar-refractivity contribution in [2.45, 2.75) is 23.1 Å². The summed E-state index contributed by atoms with van der Waals surface area (Å²) in [7, 11) is -6.21. The number of hydrogen-bond acceptors (Lipinski definition) is 7. The number of rotatable bonds is 4. The van der Waals surface area contributed by atoms with E-state index in [1.807, 2.05) is 0 Å². The smallest absolute Gasteiger partial charge is 0.282 e. The first-order valence-electron chi connectivity index (χ1n) is 5.54. The molecule has 0 aromatic carbocycles. The second-order valence-corrected chi connectivity index (χ2v) is 8.66. The molecule has 0 bridgehead atoms. The van der Waals surface area contributed by atoms with Gasteiger partial charge in [0.15, 0.2) is 14.4 Å². The van der Waals surface area contributed by atoms with Crippen molar-refractivity contribution in [3.63, 3.8) is 0 Å². The second-order valence-electron chi connectivity index (χ2n) is 4.28. The van der Waals surface area contributed by atoms with Gasteiger partial charge in [-0.1, -0.05) is 11.3 Å². The molecular formula is C9H13N5O4S3. The Bertz CT molecular complexity index is 874. The largest absolute Gasteiger partial charge is 0.337 e. The van der Waals surface area contributed by atoms with Gasteiger partial charge in [0.25, 0.3) is 10.0 Å². The number of nitrogens with two attached hydrogens (primary N) is 1. The number of thiazole rings is 1. The Morgan fingerprint density at radius 1 is 1.24 bits per heavy atom. The third-order valence-electron chi connectivity index (χ3n) is 2.60. The molecule has 0 aliphatic heterocycles. The summed E-state index contributed by atoms with van der Waals surface area (Å²) >= 11 is 0.650. The van der Waals surface area contributed by atoms with Crippen molar-refractivity contribution >= 4 is 36.5 Å². The van der Waals surface area contributed by atoms with Crippen LogP contribution in [0.3, 0.4) is 0 Å². The van der Waals surface area contributed by atoms with Crippen molar-refractivity contribution in [2.75, 3.05) is 4.72 Å². The zero-order valence-corrected chi connectivity index (χ0v) is 13.8. The molecule has 0 unspecified atom stereocenters. The Kier molecular flexibility index (Phi) is 3.82. The van der Waals surface area contributed by atoms with Crippen LogP contribution < -0.4 is 9.86 Å². The zero-order chi connectivity index (χ0) is 16.0. The minimum atomic E-state index is -3.93. The van der Waals surface area contributed by atoms with Crippen LogP contribution in [0.25, 0.3) is 0 Å². The van der Waals surface area contributed by atoms with E-state index >= 15 is 0 Å². The molecule has 0 saturated carbocycles. The molecule has 0 amide bonds. The molecule has 2 aromatic rings. The van der Waals surface area contributed by atoms with Gasteiger partial charge in [0, 0.05) is 13.2 Å². The van der Waals surface area contributed by atoms with E-state index in [1.165, 1.54) is 13.1 Å². The molecule has 2 aromatic heterocycles. The number of aryl methyl sites for hydroxylation is 3. The van der Waals surface area contributed by atoms with E-state index in [2.05, 4.69) is 14.7 Å². The van der Waals surface area contributed by atoms with Crippen LogP contribution in [0.4, 0.5) is 5.13 Å². The van der Waals surface area contributed by atoms with Crippen LogP contribution in [0, 0.1) is 13.8 Å². The lowest BCUT2D eigenvalue weighted by Crippen LogP contribution is -2.13. The molecule has 9 nitrogen and oxygen atoms in total. The topological polar surface area (TPSA) is 137 Å². The van der Waals surface area contributed by atoms with E-state index in [0.717, 1.165) is 0 Å². The van der Waals surface area contributed by atoms with E-state index < -0.39 is 20.0 Å². The molecule has 12 heteroatoms. The van der Waals surface area contributed by atoms with Gasteiger partial charge in [-0.05, 0) is 13.8 Å². The second kappa shape index (κ2) is 5.05. The lowest BCUT2D eigenvalue weighted by Gasteiger charge is -2.00. The lowest BCUT2D eigenvalue weighted by molar-refractivity contribution is 0.597. The molecule has 0 fully saturated rings. The Morgan fingerprint density at radius 3 is 2.29 bits per heavy atom. The Hall–Kier alpha value is -1.50. The number of nitrogens with zero attached hydrogens (tertiary/aromatic N) is 3. The number of sulfonamides is 2. The molecule has 21 heavy (non-hydrogen) atoms. The van der Waals surface area contributed by atoms with Crippen LogP contribution in [-0.2, 0) is 27.1 Å². The van der Waals surface area contributed by atoms with Gasteiger partial charge < -0.3 is 4.57 Å². The minimum absolute atomic E-state index is 0.0835. The number of aromatic nitrogens is 3. The summed E-state index contributed by atoms with van der Waals surface area (Å²) in [6.07, 6.45) is 1.35. The predicted molar refractivity (Wildman–Crippen MR) is 77.0 cm³/mol. The van der Waals surface area contributed by atoms with Crippen molar-refractivity contribution in [3.8, 4) is 0 Å². The SMILES string of the molecule is Cc1nc(NS(=O)(=O)c2cn(C)c(C)n2)sc1S(N)(=O)=O. The fraction of sp³-hybridized carbons (Fsp3) is 0.333. The molecule has 0 saturated heterocycles. The van der Waals surface area contributed by atoms with Crippen molar-refractivity contribution in [3.05, 3.63) is 17.7 Å². The quantitative estimate of drug-likeness (QED) is 0.792. The first-order chi connectivity index (χ1) is 9.50. The monoisotopic (exact) mass is 351 g/mol. The van der Waals surface area contributed by atoms with E-state index in [0.29, 0.717) is 17.2 Å². The van der Waals surface area contributed by atoms with E-state index in [-0.39, 0.29) is 20.1 Å². The number of primary sulfonamides is 1. The molecule has 0 spiro atoms. The van der Waals surface area contributed by atoms with Crippen molar-refractivity contribution in [1.29, 1.82) is 0 Å². The molecule has 0 aliphatic carbocycles. The average molecular weight is 351 g/mol. The zero-order valence-electron chi connectivity index (χ0n) is 11.4. The highest BCUT2D eigenvalue weighted by Crippen LogP contribution is 2.27. The summed E-state index contributed by atoms with van der Waals surface area (Å²) in [6.45, 7) is 3.09. The van der Waals surface area contributed by atoms with E-state index in [1.54, 1.807) is 18.5 Å². The Morgan fingerprint density at radius 2 is 1.86 bits per heavy atom. The number of imidazole rings is 1. The molecule has 116 valence electrons. The first-order valence-corrected chi connectivity index (χ1v) is 9.38. The highest BCUT2D eigenvalue weighted by atomic mass is 32.2. The van der Waals surface area contributed by atoms with Crippen molar-refractivity contribution in [1.82, 2.24) is 14.5 Å². The maximum absolute atomic E-state index is 12.1. The van der Waals surface area contributed by atoms with Crippen LogP contribution in [0.15, 0.2) is 15.4 Å². The van der Waals surface area contributed by atoms with Crippen LogP contribution in [0.2, 0.25) is 0 Å². The average Bonchev–Trinajstić information content (AvgIpc) is 2.82. The summed E-state index contributed by atoms with van der Waals surface area (Å²) < 4.78 is 50.4. The van der Waals surface area contributed by atoms with Gasteiger partial charge >= 0.3 is 0 Å². The van der Waals surface area contributed by atoms with Crippen LogP contribution >= 0.6 is 11.3 Å². The highest BCUT2D eigenvalue weighted by molar-refractivity contribution is 7.93. The third kappa shape index (κ3) is 3.23. The van der Waals surface area contributed by atoms with Crippen LogP contribution in [-0.4, -0.2) is 31.4 Å². The Labute approximate surface area is 125 Å². The fourth-order valence-corrected chi connectivity index (χ4v) is 4.65. The van der Waals surface area contributed by atoms with Crippen molar-refractivity contribution in [2.24, 2.45) is 12.2 Å². The van der Waals surface area contributed by atoms with Gasteiger partial charge in [-0.2, -0.15) is 8.42 Å². The number of hydrogen-bond donors (Lipinski definition) is 2. The normalized spacial score (nSPS) is 12.6. The van der Waals surface area contributed by atoms with Gasteiger partial charge in [0.1, 0.15) is 5.82 Å². The minimum Gasteiger partial charge on any atom is -0.337 e.